The molecule has 0 aliphatic rings. The topological polar surface area (TPSA) is 0 Å². The van der Waals surface area contributed by atoms with Gasteiger partial charge in [0, 0.05) is 9.80 Å². The third kappa shape index (κ3) is 4.67. The van der Waals surface area contributed by atoms with Crippen molar-refractivity contribution in [3.8, 4) is 0 Å². The molecule has 0 spiro atoms. The molecule has 106 valence electrons. The van der Waals surface area contributed by atoms with E-state index in [2.05, 4.69) is 31.9 Å². The Morgan fingerprint density at radius 2 is 1.60 bits per heavy atom. The van der Waals surface area contributed by atoms with Crippen LogP contribution in [0.25, 0.3) is 0 Å². The van der Waals surface area contributed by atoms with Crippen molar-refractivity contribution in [2.24, 2.45) is 5.92 Å². The highest BCUT2D eigenvalue weighted by molar-refractivity contribution is 9.10. The summed E-state index contributed by atoms with van der Waals surface area (Å²) in [5, 5.41) is 0.789. The van der Waals surface area contributed by atoms with Crippen molar-refractivity contribution in [3.05, 3.63) is 69.7 Å². The Hall–Kier alpha value is -0.740. The Morgan fingerprint density at radius 1 is 0.900 bits per heavy atom. The van der Waals surface area contributed by atoms with Crippen LogP contribution in [-0.2, 0) is 12.8 Å². The van der Waals surface area contributed by atoms with Crippen molar-refractivity contribution in [3.63, 3.8) is 0 Å². The van der Waals surface area contributed by atoms with Crippen molar-refractivity contribution in [1.82, 2.24) is 0 Å². The van der Waals surface area contributed by atoms with Crippen LogP contribution in [0.4, 0.5) is 8.78 Å². The monoisotopic (exact) mass is 402 g/mol. The van der Waals surface area contributed by atoms with Gasteiger partial charge in [-0.25, -0.2) is 8.78 Å². The second-order valence-corrected chi connectivity index (χ2v) is 6.40. The van der Waals surface area contributed by atoms with Gasteiger partial charge in [0.2, 0.25) is 0 Å². The van der Waals surface area contributed by atoms with Crippen LogP contribution in [0.15, 0.2) is 46.9 Å². The number of hydrogen-bond donors (Lipinski definition) is 0. The molecule has 4 heteroatoms. The van der Waals surface area contributed by atoms with E-state index < -0.39 is 0 Å². The van der Waals surface area contributed by atoms with Gasteiger partial charge in [-0.05, 0) is 60.2 Å². The molecule has 20 heavy (non-hydrogen) atoms. The molecular weight excluding hydrogens is 390 g/mol. The maximum Gasteiger partial charge on any atom is 0.124 e. The molecule has 0 nitrogen and oxygen atoms in total. The molecule has 0 saturated carbocycles. The summed E-state index contributed by atoms with van der Waals surface area (Å²) in [6, 6.07) is 11.5. The van der Waals surface area contributed by atoms with E-state index >= 15 is 0 Å². The lowest BCUT2D eigenvalue weighted by Gasteiger charge is -2.14. The fourth-order valence-corrected chi connectivity index (χ4v) is 3.21. The van der Waals surface area contributed by atoms with Crippen LogP contribution in [0, 0.1) is 17.6 Å². The Kier molecular flexibility index (Phi) is 5.73. The van der Waals surface area contributed by atoms with E-state index in [0.29, 0.717) is 5.92 Å². The van der Waals surface area contributed by atoms with Gasteiger partial charge in [-0.15, -0.1) is 0 Å². The zero-order valence-electron chi connectivity index (χ0n) is 10.8. The van der Waals surface area contributed by atoms with Crippen LogP contribution < -0.4 is 0 Å². The van der Waals surface area contributed by atoms with Gasteiger partial charge < -0.3 is 0 Å². The molecule has 0 radical (unpaired) electrons. The minimum atomic E-state index is -0.242. The number of alkyl halides is 1. The summed E-state index contributed by atoms with van der Waals surface area (Å²) in [5.74, 6) is -0.164. The van der Waals surface area contributed by atoms with Crippen LogP contribution in [0.5, 0.6) is 0 Å². The van der Waals surface area contributed by atoms with E-state index in [9.17, 15) is 8.78 Å². The number of benzene rings is 2. The Balaban J connectivity index is 2.09. The van der Waals surface area contributed by atoms with Crippen molar-refractivity contribution >= 4 is 31.9 Å². The smallest absolute Gasteiger partial charge is 0.124 e. The largest absolute Gasteiger partial charge is 0.207 e. The minimum Gasteiger partial charge on any atom is -0.207 e. The Morgan fingerprint density at radius 3 is 2.25 bits per heavy atom. The normalized spacial score (nSPS) is 12.4. The van der Waals surface area contributed by atoms with Crippen LogP contribution in [0.3, 0.4) is 0 Å². The molecule has 2 aromatic carbocycles. The summed E-state index contributed by atoms with van der Waals surface area (Å²) >= 11 is 6.79. The molecule has 2 rings (SSSR count). The van der Waals surface area contributed by atoms with Crippen molar-refractivity contribution in [1.29, 1.82) is 0 Å². The molecule has 0 bridgehead atoms. The zero-order valence-corrected chi connectivity index (χ0v) is 13.9. The van der Waals surface area contributed by atoms with Crippen molar-refractivity contribution in [2.75, 3.05) is 5.33 Å². The molecule has 0 amide bonds. The van der Waals surface area contributed by atoms with Crippen LogP contribution in [0.2, 0.25) is 0 Å². The predicted octanol–water partition coefficient (Wildman–Crippen LogP) is 5.52. The molecule has 0 N–H and O–H groups in total. The number of hydrogen-bond acceptors (Lipinski definition) is 0. The van der Waals surface area contributed by atoms with Crippen molar-refractivity contribution in [2.45, 2.75) is 12.8 Å². The minimum absolute atomic E-state index is 0.218. The van der Waals surface area contributed by atoms with E-state index in [1.807, 2.05) is 12.1 Å². The highest BCUT2D eigenvalue weighted by Gasteiger charge is 2.11. The van der Waals surface area contributed by atoms with E-state index in [4.69, 9.17) is 0 Å². The van der Waals surface area contributed by atoms with Crippen LogP contribution in [-0.4, -0.2) is 5.33 Å². The molecule has 0 aliphatic heterocycles. The molecule has 1 unspecified atom stereocenters. The van der Waals surface area contributed by atoms with Crippen LogP contribution >= 0.6 is 31.9 Å². The van der Waals surface area contributed by atoms with E-state index in [-0.39, 0.29) is 11.6 Å². The molecule has 2 aromatic rings. The van der Waals surface area contributed by atoms with Gasteiger partial charge in [0.15, 0.2) is 0 Å². The zero-order chi connectivity index (χ0) is 14.5. The average Bonchev–Trinajstić information content (AvgIpc) is 2.36. The predicted molar refractivity (Wildman–Crippen MR) is 85.2 cm³/mol. The van der Waals surface area contributed by atoms with Gasteiger partial charge in [0.1, 0.15) is 11.6 Å². The fraction of sp³-hybridized carbons (Fsp3) is 0.250. The lowest BCUT2D eigenvalue weighted by molar-refractivity contribution is 0.576. The molecule has 0 heterocycles. The maximum atomic E-state index is 13.4. The van der Waals surface area contributed by atoms with Gasteiger partial charge >= 0.3 is 0 Å². The molecule has 0 fully saturated rings. The van der Waals surface area contributed by atoms with E-state index in [1.165, 1.54) is 12.1 Å². The van der Waals surface area contributed by atoms with E-state index in [1.54, 1.807) is 18.2 Å². The summed E-state index contributed by atoms with van der Waals surface area (Å²) in [6.07, 6.45) is 1.51. The lowest BCUT2D eigenvalue weighted by atomic mass is 9.94. The molecular formula is C16H14Br2F2. The Bertz CT molecular complexity index is 564. The van der Waals surface area contributed by atoms with E-state index in [0.717, 1.165) is 33.8 Å². The summed E-state index contributed by atoms with van der Waals surface area (Å²) < 4.78 is 27.3. The number of halogens is 4. The standard InChI is InChI=1S/C16H14Br2F2/c17-10-13(4-11-2-1-3-15(19)7-11)5-12-6-14(18)9-16(20)8-12/h1-3,6-9,13H,4-5,10H2. The third-order valence-electron chi connectivity index (χ3n) is 3.08. The first-order chi connectivity index (χ1) is 9.56. The fourth-order valence-electron chi connectivity index (χ4n) is 2.24. The summed E-state index contributed by atoms with van der Waals surface area (Å²) in [5.41, 5.74) is 1.91. The van der Waals surface area contributed by atoms with Gasteiger partial charge in [-0.1, -0.05) is 44.0 Å². The molecule has 0 aromatic heterocycles. The second kappa shape index (κ2) is 7.32. The third-order valence-corrected chi connectivity index (χ3v) is 4.45. The average molecular weight is 404 g/mol. The summed E-state index contributed by atoms with van der Waals surface area (Å²) in [4.78, 5) is 0. The maximum absolute atomic E-state index is 13.4. The first kappa shape index (κ1) is 15.6. The summed E-state index contributed by atoms with van der Waals surface area (Å²) in [7, 11) is 0. The van der Waals surface area contributed by atoms with Crippen molar-refractivity contribution < 1.29 is 8.78 Å². The highest BCUT2D eigenvalue weighted by Crippen LogP contribution is 2.21. The molecule has 0 aliphatic carbocycles. The highest BCUT2D eigenvalue weighted by atomic mass is 79.9. The molecule has 1 atom stereocenters. The second-order valence-electron chi connectivity index (χ2n) is 4.84. The lowest BCUT2D eigenvalue weighted by Crippen LogP contribution is -2.10. The molecule has 0 saturated heterocycles. The Labute approximate surface area is 134 Å². The summed E-state index contributed by atoms with van der Waals surface area (Å²) in [6.45, 7) is 0. The van der Waals surface area contributed by atoms with Gasteiger partial charge in [0.05, 0.1) is 0 Å². The van der Waals surface area contributed by atoms with Gasteiger partial charge in [-0.2, -0.15) is 0 Å². The first-order valence-corrected chi connectivity index (χ1v) is 8.23. The number of rotatable bonds is 5. The quantitative estimate of drug-likeness (QED) is 0.576. The SMILES string of the molecule is Fc1cccc(CC(CBr)Cc2cc(F)cc(Br)c2)c1. The van der Waals surface area contributed by atoms with Gasteiger partial charge in [0.25, 0.3) is 0 Å². The first-order valence-electron chi connectivity index (χ1n) is 6.32. The van der Waals surface area contributed by atoms with Gasteiger partial charge in [-0.3, -0.25) is 0 Å². The van der Waals surface area contributed by atoms with Crippen LogP contribution in [0.1, 0.15) is 11.1 Å².